The lowest BCUT2D eigenvalue weighted by Crippen LogP contribution is -2.35. The lowest BCUT2D eigenvalue weighted by Gasteiger charge is -2.22. The minimum Gasteiger partial charge on any atom is -0.371 e. The fraction of sp³-hybridized carbons (Fsp3) is 0.500. The Morgan fingerprint density at radius 1 is 1.11 bits per heavy atom. The predicted octanol–water partition coefficient (Wildman–Crippen LogP) is 1.93. The number of aliphatic hydroxyl groups is 1. The Bertz CT molecular complexity index is 530. The molecule has 1 N–H and O–H groups in total. The van der Waals surface area contributed by atoms with Crippen LogP contribution in [0.2, 0.25) is 0 Å². The number of carbonyl (C=O) groups excluding carboxylic acids is 1. The van der Waals surface area contributed by atoms with Crippen LogP contribution in [-0.4, -0.2) is 24.7 Å². The molecule has 2 rings (SSSR count). The maximum Gasteiger partial charge on any atom is 0.219 e. The van der Waals surface area contributed by atoms with Crippen molar-refractivity contribution in [1.82, 2.24) is 0 Å². The number of hydrogen-bond acceptors (Lipinski definition) is 4. The topological polar surface area (TPSA) is 71.4 Å². The molecule has 0 aromatic heterocycles. The van der Waals surface area contributed by atoms with Gasteiger partial charge in [0.15, 0.2) is 5.78 Å². The largest absolute Gasteiger partial charge is 0.371 e. The molecule has 0 saturated heterocycles. The van der Waals surface area contributed by atoms with Gasteiger partial charge in [-0.25, -0.2) is 8.42 Å². The van der Waals surface area contributed by atoms with Crippen molar-refractivity contribution in [2.45, 2.75) is 42.4 Å². The molecular weight excluding hydrogens is 264 g/mol. The average Bonchev–Trinajstić information content (AvgIpc) is 2.47. The van der Waals surface area contributed by atoms with Gasteiger partial charge in [-0.3, -0.25) is 4.79 Å². The minimum absolute atomic E-state index is 0.00772. The highest BCUT2D eigenvalue weighted by Crippen LogP contribution is 2.27. The fourth-order valence-corrected chi connectivity index (χ4v) is 3.77. The van der Waals surface area contributed by atoms with Crippen molar-refractivity contribution in [3.63, 3.8) is 0 Å². The molecule has 4 nitrogen and oxygen atoms in total. The summed E-state index contributed by atoms with van der Waals surface area (Å²) >= 11 is 0. The van der Waals surface area contributed by atoms with Crippen molar-refractivity contribution in [3.05, 3.63) is 30.3 Å². The Morgan fingerprint density at radius 3 is 2.26 bits per heavy atom. The first-order valence-corrected chi connectivity index (χ1v) is 8.09. The van der Waals surface area contributed by atoms with Crippen LogP contribution >= 0.6 is 0 Å². The van der Waals surface area contributed by atoms with Gasteiger partial charge in [-0.15, -0.1) is 0 Å². The zero-order valence-electron chi connectivity index (χ0n) is 10.7. The standard InChI is InChI=1S/C14H18O4S/c15-13(11-7-3-1-4-8-11)14(16)19(17,18)12-9-5-2-6-10-12/h2,5-6,9-11,14,16H,1,3-4,7-8H2. The van der Waals surface area contributed by atoms with Gasteiger partial charge in [-0.1, -0.05) is 37.5 Å². The van der Waals surface area contributed by atoms with E-state index in [2.05, 4.69) is 0 Å². The second-order valence-corrected chi connectivity index (χ2v) is 6.96. The van der Waals surface area contributed by atoms with E-state index < -0.39 is 21.1 Å². The van der Waals surface area contributed by atoms with Gasteiger partial charge in [0, 0.05) is 5.92 Å². The van der Waals surface area contributed by atoms with Gasteiger partial charge in [-0.05, 0) is 25.0 Å². The third-order valence-corrected chi connectivity index (χ3v) is 5.37. The molecule has 1 aliphatic carbocycles. The number of carbonyl (C=O) groups is 1. The van der Waals surface area contributed by atoms with E-state index in [0.717, 1.165) is 19.3 Å². The van der Waals surface area contributed by atoms with E-state index in [1.807, 2.05) is 0 Å². The monoisotopic (exact) mass is 282 g/mol. The van der Waals surface area contributed by atoms with Crippen LogP contribution < -0.4 is 0 Å². The summed E-state index contributed by atoms with van der Waals surface area (Å²) in [6.07, 6.45) is 4.29. The van der Waals surface area contributed by atoms with Crippen LogP contribution in [0, 0.1) is 5.92 Å². The van der Waals surface area contributed by atoms with E-state index in [1.54, 1.807) is 18.2 Å². The molecule has 5 heteroatoms. The summed E-state index contributed by atoms with van der Waals surface area (Å²) in [5, 5.41) is 9.91. The first-order valence-electron chi connectivity index (χ1n) is 6.54. The number of sulfone groups is 1. The first kappa shape index (κ1) is 14.2. The van der Waals surface area contributed by atoms with Crippen molar-refractivity contribution in [2.24, 2.45) is 5.92 Å². The van der Waals surface area contributed by atoms with E-state index in [-0.39, 0.29) is 10.8 Å². The van der Waals surface area contributed by atoms with Crippen LogP contribution in [0.1, 0.15) is 32.1 Å². The molecular formula is C14H18O4S. The van der Waals surface area contributed by atoms with E-state index in [9.17, 15) is 18.3 Å². The maximum absolute atomic E-state index is 12.1. The zero-order chi connectivity index (χ0) is 13.9. The van der Waals surface area contributed by atoms with Gasteiger partial charge >= 0.3 is 0 Å². The van der Waals surface area contributed by atoms with E-state index in [4.69, 9.17) is 0 Å². The van der Waals surface area contributed by atoms with Crippen molar-refractivity contribution >= 4 is 15.6 Å². The molecule has 0 heterocycles. The van der Waals surface area contributed by atoms with Crippen molar-refractivity contribution in [2.75, 3.05) is 0 Å². The fourth-order valence-electron chi connectivity index (χ4n) is 2.48. The van der Waals surface area contributed by atoms with Gasteiger partial charge in [-0.2, -0.15) is 0 Å². The summed E-state index contributed by atoms with van der Waals surface area (Å²) in [5.41, 5.74) is -1.93. The molecule has 1 atom stereocenters. The molecule has 104 valence electrons. The van der Waals surface area contributed by atoms with Gasteiger partial charge in [0.2, 0.25) is 15.3 Å². The van der Waals surface area contributed by atoms with E-state index >= 15 is 0 Å². The molecule has 0 aliphatic heterocycles. The molecule has 1 unspecified atom stereocenters. The third kappa shape index (κ3) is 3.04. The highest BCUT2D eigenvalue weighted by atomic mass is 32.2. The predicted molar refractivity (Wildman–Crippen MR) is 71.2 cm³/mol. The molecule has 0 bridgehead atoms. The Kier molecular flexibility index (Phi) is 4.37. The smallest absolute Gasteiger partial charge is 0.219 e. The molecule has 1 saturated carbocycles. The molecule has 0 radical (unpaired) electrons. The van der Waals surface area contributed by atoms with Crippen LogP contribution in [0.25, 0.3) is 0 Å². The van der Waals surface area contributed by atoms with Gasteiger partial charge in [0.1, 0.15) is 0 Å². The van der Waals surface area contributed by atoms with Crippen LogP contribution in [0.3, 0.4) is 0 Å². The summed E-state index contributed by atoms with van der Waals surface area (Å²) in [4.78, 5) is 12.1. The van der Waals surface area contributed by atoms with Crippen LogP contribution in [0.4, 0.5) is 0 Å². The van der Waals surface area contributed by atoms with Crippen LogP contribution in [0.5, 0.6) is 0 Å². The van der Waals surface area contributed by atoms with E-state index in [1.165, 1.54) is 12.1 Å². The van der Waals surface area contributed by atoms with Crippen molar-refractivity contribution in [1.29, 1.82) is 0 Å². The molecule has 1 aliphatic rings. The molecule has 1 aromatic rings. The SMILES string of the molecule is O=C(C1CCCCC1)C(O)S(=O)(=O)c1ccccc1. The van der Waals surface area contributed by atoms with Crippen LogP contribution in [-0.2, 0) is 14.6 Å². The lowest BCUT2D eigenvalue weighted by atomic mass is 9.86. The minimum atomic E-state index is -3.98. The second-order valence-electron chi connectivity index (χ2n) is 4.95. The highest BCUT2D eigenvalue weighted by Gasteiger charge is 2.36. The summed E-state index contributed by atoms with van der Waals surface area (Å²) < 4.78 is 24.3. The Hall–Kier alpha value is -1.20. The van der Waals surface area contributed by atoms with Crippen molar-refractivity contribution in [3.8, 4) is 0 Å². The highest BCUT2D eigenvalue weighted by molar-refractivity contribution is 7.92. The Labute approximate surface area is 113 Å². The first-order chi connectivity index (χ1) is 9.03. The molecule has 19 heavy (non-hydrogen) atoms. The number of benzene rings is 1. The summed E-state index contributed by atoms with van der Waals surface area (Å²) in [6.45, 7) is 0. The lowest BCUT2D eigenvalue weighted by molar-refractivity contribution is -0.128. The normalized spacial score (nSPS) is 19.0. The van der Waals surface area contributed by atoms with Gasteiger partial charge in [0.05, 0.1) is 4.90 Å². The number of ketones is 1. The summed E-state index contributed by atoms with van der Waals surface area (Å²) in [6, 6.07) is 7.63. The zero-order valence-corrected chi connectivity index (χ0v) is 11.5. The van der Waals surface area contributed by atoms with Gasteiger partial charge in [0.25, 0.3) is 0 Å². The number of hydrogen-bond donors (Lipinski definition) is 1. The molecule has 1 fully saturated rings. The quantitative estimate of drug-likeness (QED) is 0.916. The molecule has 1 aromatic carbocycles. The maximum atomic E-state index is 12.1. The molecule has 0 spiro atoms. The Morgan fingerprint density at radius 2 is 1.68 bits per heavy atom. The average molecular weight is 282 g/mol. The van der Waals surface area contributed by atoms with Crippen molar-refractivity contribution < 1.29 is 18.3 Å². The Balaban J connectivity index is 2.18. The summed E-state index contributed by atoms with van der Waals surface area (Å²) in [5.74, 6) is -0.870. The number of rotatable bonds is 4. The van der Waals surface area contributed by atoms with Gasteiger partial charge < -0.3 is 5.11 Å². The van der Waals surface area contributed by atoms with Crippen LogP contribution in [0.15, 0.2) is 35.2 Å². The number of aliphatic hydroxyl groups excluding tert-OH is 1. The summed E-state index contributed by atoms with van der Waals surface area (Å²) in [7, 11) is -3.98. The second kappa shape index (κ2) is 5.84. The van der Waals surface area contributed by atoms with E-state index in [0.29, 0.717) is 12.8 Å². The molecule has 0 amide bonds. The number of Topliss-reactive ketones (excluding diaryl/α,β-unsaturated/α-hetero) is 1. The third-order valence-electron chi connectivity index (χ3n) is 3.62.